The maximum Gasteiger partial charge on any atom is 0.324 e. The van der Waals surface area contributed by atoms with Crippen LogP contribution in [-0.2, 0) is 29.4 Å². The summed E-state index contributed by atoms with van der Waals surface area (Å²) in [6.07, 6.45) is 2.08. The lowest BCUT2D eigenvalue weighted by atomic mass is 9.78. The zero-order chi connectivity index (χ0) is 17.4. The highest BCUT2D eigenvalue weighted by Gasteiger charge is 2.65. The number of nitrogen functional groups attached to an aromatic ring is 1. The first-order valence-electron chi connectivity index (χ1n) is 8.13. The van der Waals surface area contributed by atoms with Gasteiger partial charge in [0.25, 0.3) is 0 Å². The van der Waals surface area contributed by atoms with Crippen molar-refractivity contribution in [1.82, 2.24) is 4.98 Å². The summed E-state index contributed by atoms with van der Waals surface area (Å²) in [4.78, 5) is 29.1. The number of hydrogen-bond donors (Lipinski definition) is 1. The van der Waals surface area contributed by atoms with Crippen LogP contribution in [0.15, 0.2) is 5.38 Å². The van der Waals surface area contributed by atoms with Crippen LogP contribution in [0, 0.1) is 5.41 Å². The van der Waals surface area contributed by atoms with Crippen LogP contribution in [0.25, 0.3) is 0 Å². The second-order valence-corrected chi connectivity index (χ2v) is 7.50. The highest BCUT2D eigenvalue weighted by atomic mass is 32.1. The first kappa shape index (κ1) is 17.2. The van der Waals surface area contributed by atoms with Crippen molar-refractivity contribution in [2.75, 3.05) is 18.9 Å². The molecule has 1 spiro atoms. The number of hydrogen-bond acceptors (Lipinski definition) is 8. The number of ether oxygens (including phenoxy) is 3. The normalized spacial score (nSPS) is 32.3. The molecule has 2 N–H and O–H groups in total. The van der Waals surface area contributed by atoms with Crippen LogP contribution >= 0.6 is 11.3 Å². The van der Waals surface area contributed by atoms with Gasteiger partial charge in [-0.2, -0.15) is 0 Å². The van der Waals surface area contributed by atoms with Crippen LogP contribution in [0.4, 0.5) is 5.13 Å². The SMILES string of the molecule is CCCCOC[C@@H]1C[C@@]2(C[C@@](C)(c3csc(N)n3)OC2=O)C(=O)O1. The van der Waals surface area contributed by atoms with Gasteiger partial charge in [0.05, 0.1) is 12.3 Å². The number of carbonyl (C=O) groups excluding carboxylic acids is 2. The first-order chi connectivity index (χ1) is 11.4. The average molecular weight is 354 g/mol. The van der Waals surface area contributed by atoms with Crippen molar-refractivity contribution in [2.24, 2.45) is 5.41 Å². The van der Waals surface area contributed by atoms with E-state index in [9.17, 15) is 9.59 Å². The van der Waals surface area contributed by atoms with E-state index in [4.69, 9.17) is 19.9 Å². The van der Waals surface area contributed by atoms with Crippen molar-refractivity contribution in [3.8, 4) is 0 Å². The van der Waals surface area contributed by atoms with E-state index in [1.165, 1.54) is 11.3 Å². The molecule has 8 heteroatoms. The number of anilines is 1. The minimum absolute atomic E-state index is 0.215. The van der Waals surface area contributed by atoms with Gasteiger partial charge in [-0.1, -0.05) is 13.3 Å². The Hall–Kier alpha value is -1.67. The second-order valence-electron chi connectivity index (χ2n) is 6.61. The van der Waals surface area contributed by atoms with Crippen LogP contribution in [0.3, 0.4) is 0 Å². The number of aromatic nitrogens is 1. The fourth-order valence-corrected chi connectivity index (χ4v) is 3.99. The molecule has 24 heavy (non-hydrogen) atoms. The molecule has 0 unspecified atom stereocenters. The third-order valence-electron chi connectivity index (χ3n) is 4.60. The highest BCUT2D eigenvalue weighted by molar-refractivity contribution is 7.13. The Labute approximate surface area is 144 Å². The summed E-state index contributed by atoms with van der Waals surface area (Å²) in [5, 5.41) is 2.16. The van der Waals surface area contributed by atoms with Gasteiger partial charge >= 0.3 is 11.9 Å². The largest absolute Gasteiger partial charge is 0.459 e. The molecule has 3 rings (SSSR count). The summed E-state index contributed by atoms with van der Waals surface area (Å²) >= 11 is 1.28. The maximum atomic E-state index is 12.5. The molecule has 0 aliphatic carbocycles. The fourth-order valence-electron chi connectivity index (χ4n) is 3.30. The van der Waals surface area contributed by atoms with Gasteiger partial charge in [-0.25, -0.2) is 4.98 Å². The quantitative estimate of drug-likeness (QED) is 0.474. The molecule has 2 fully saturated rings. The van der Waals surface area contributed by atoms with Crippen LogP contribution in [0.1, 0.15) is 45.2 Å². The van der Waals surface area contributed by atoms with Gasteiger partial charge in [0.1, 0.15) is 6.10 Å². The van der Waals surface area contributed by atoms with Crippen molar-refractivity contribution < 1.29 is 23.8 Å². The molecule has 0 bridgehead atoms. The molecule has 3 heterocycles. The molecule has 1 aromatic rings. The second kappa shape index (κ2) is 6.33. The number of nitrogens with zero attached hydrogens (tertiary/aromatic N) is 1. The predicted molar refractivity (Wildman–Crippen MR) is 87.2 cm³/mol. The summed E-state index contributed by atoms with van der Waals surface area (Å²) in [5.74, 6) is -1.07. The van der Waals surface area contributed by atoms with E-state index in [1.54, 1.807) is 12.3 Å². The summed E-state index contributed by atoms with van der Waals surface area (Å²) in [6, 6.07) is 0. The molecular formula is C16H22N2O5S. The van der Waals surface area contributed by atoms with E-state index in [0.29, 0.717) is 24.0 Å². The molecule has 2 aliphatic rings. The number of cyclic esters (lactones) is 2. The molecule has 1 aromatic heterocycles. The average Bonchev–Trinajstić information content (AvgIpc) is 3.16. The van der Waals surface area contributed by atoms with Gasteiger partial charge < -0.3 is 19.9 Å². The Morgan fingerprint density at radius 3 is 2.92 bits per heavy atom. The maximum absolute atomic E-state index is 12.5. The Morgan fingerprint density at radius 1 is 1.46 bits per heavy atom. The lowest BCUT2D eigenvalue weighted by Crippen LogP contribution is -2.32. The zero-order valence-corrected chi connectivity index (χ0v) is 14.7. The number of thiazole rings is 1. The lowest BCUT2D eigenvalue weighted by Gasteiger charge is -2.20. The molecule has 132 valence electrons. The molecule has 2 aliphatic heterocycles. The topological polar surface area (TPSA) is 101 Å². The smallest absolute Gasteiger partial charge is 0.324 e. The zero-order valence-electron chi connectivity index (χ0n) is 13.9. The van der Waals surface area contributed by atoms with E-state index >= 15 is 0 Å². The minimum Gasteiger partial charge on any atom is -0.459 e. The lowest BCUT2D eigenvalue weighted by molar-refractivity contribution is -0.160. The summed E-state index contributed by atoms with van der Waals surface area (Å²) in [7, 11) is 0. The molecule has 3 atom stereocenters. The monoisotopic (exact) mass is 354 g/mol. The van der Waals surface area contributed by atoms with Crippen LogP contribution < -0.4 is 5.73 Å². The van der Waals surface area contributed by atoms with Crippen molar-refractivity contribution in [3.05, 3.63) is 11.1 Å². The molecule has 0 radical (unpaired) electrons. The Morgan fingerprint density at radius 2 is 2.25 bits per heavy atom. The van der Waals surface area contributed by atoms with E-state index in [1.807, 2.05) is 0 Å². The Bertz CT molecular complexity index is 648. The highest BCUT2D eigenvalue weighted by Crippen LogP contribution is 2.52. The summed E-state index contributed by atoms with van der Waals surface area (Å²) in [6.45, 7) is 4.76. The standard InChI is InChI=1S/C16H22N2O5S/c1-3-4-5-21-7-10-6-16(12(19)22-10)9-15(2,23-13(16)20)11-8-24-14(17)18-11/h8,10H,3-7,9H2,1-2H3,(H2,17,18)/t10-,15-,16+/m0/s1. The van der Waals surface area contributed by atoms with Gasteiger partial charge in [0.2, 0.25) is 0 Å². The van der Waals surface area contributed by atoms with Crippen LogP contribution in [0.5, 0.6) is 0 Å². The van der Waals surface area contributed by atoms with E-state index in [0.717, 1.165) is 12.8 Å². The van der Waals surface area contributed by atoms with Gasteiger partial charge in [-0.3, -0.25) is 9.59 Å². The van der Waals surface area contributed by atoms with Crippen molar-refractivity contribution >= 4 is 28.4 Å². The van der Waals surface area contributed by atoms with E-state index in [2.05, 4.69) is 11.9 Å². The van der Waals surface area contributed by atoms with E-state index in [-0.39, 0.29) is 12.8 Å². The molecule has 0 saturated carbocycles. The number of nitrogens with two attached hydrogens (primary N) is 1. The molecule has 7 nitrogen and oxygen atoms in total. The van der Waals surface area contributed by atoms with Crippen molar-refractivity contribution in [2.45, 2.75) is 51.2 Å². The van der Waals surface area contributed by atoms with Crippen molar-refractivity contribution in [3.63, 3.8) is 0 Å². The number of esters is 2. The van der Waals surface area contributed by atoms with E-state index < -0.39 is 29.1 Å². The fraction of sp³-hybridized carbons (Fsp3) is 0.688. The molecule has 2 saturated heterocycles. The minimum atomic E-state index is -1.26. The van der Waals surface area contributed by atoms with Gasteiger partial charge in [-0.05, 0) is 13.3 Å². The number of unbranched alkanes of at least 4 members (excludes halogenated alkanes) is 1. The van der Waals surface area contributed by atoms with Gasteiger partial charge in [0.15, 0.2) is 16.1 Å². The molecular weight excluding hydrogens is 332 g/mol. The molecule has 0 amide bonds. The number of rotatable bonds is 6. The molecule has 0 aromatic carbocycles. The van der Waals surface area contributed by atoms with Crippen molar-refractivity contribution in [1.29, 1.82) is 0 Å². The first-order valence-corrected chi connectivity index (χ1v) is 9.01. The Balaban J connectivity index is 1.71. The number of carbonyl (C=O) groups is 2. The summed E-state index contributed by atoms with van der Waals surface area (Å²) < 4.78 is 16.5. The predicted octanol–water partition coefficient (Wildman–Crippen LogP) is 2.01. The van der Waals surface area contributed by atoms with Crippen LogP contribution in [0.2, 0.25) is 0 Å². The van der Waals surface area contributed by atoms with Gasteiger partial charge in [0, 0.05) is 24.8 Å². The van der Waals surface area contributed by atoms with Gasteiger partial charge in [-0.15, -0.1) is 11.3 Å². The third-order valence-corrected chi connectivity index (χ3v) is 5.27. The third kappa shape index (κ3) is 2.88. The Kier molecular flexibility index (Phi) is 4.52. The van der Waals surface area contributed by atoms with Crippen LogP contribution in [-0.4, -0.2) is 36.2 Å². The summed E-state index contributed by atoms with van der Waals surface area (Å²) in [5.41, 5.74) is 4.03.